The molecule has 0 atom stereocenters. The summed E-state index contributed by atoms with van der Waals surface area (Å²) in [7, 11) is 0. The Morgan fingerprint density at radius 1 is 1.33 bits per heavy atom. The van der Waals surface area contributed by atoms with Crippen molar-refractivity contribution in [1.29, 1.82) is 0 Å². The smallest absolute Gasteiger partial charge is 0.318 e. The van der Waals surface area contributed by atoms with Gasteiger partial charge in [-0.25, -0.2) is 9.97 Å². The Bertz CT molecular complexity index is 988. The van der Waals surface area contributed by atoms with Crippen LogP contribution >= 0.6 is 0 Å². The van der Waals surface area contributed by atoms with E-state index in [2.05, 4.69) is 33.2 Å². The van der Waals surface area contributed by atoms with Crippen LogP contribution in [0.4, 0.5) is 23.0 Å². The lowest BCUT2D eigenvalue weighted by Crippen LogP contribution is -2.28. The van der Waals surface area contributed by atoms with Gasteiger partial charge < -0.3 is 5.32 Å². The van der Waals surface area contributed by atoms with E-state index in [1.165, 1.54) is 11.2 Å². The summed E-state index contributed by atoms with van der Waals surface area (Å²) in [5.74, 6) is 0.810. The van der Waals surface area contributed by atoms with E-state index in [9.17, 15) is 14.9 Å². The molecule has 155 valence electrons. The minimum atomic E-state index is -0.397. The van der Waals surface area contributed by atoms with Gasteiger partial charge in [-0.1, -0.05) is 19.1 Å². The quantitative estimate of drug-likeness (QED) is 0.407. The first kappa shape index (κ1) is 20.0. The fourth-order valence-electron chi connectivity index (χ4n) is 3.57. The van der Waals surface area contributed by atoms with Gasteiger partial charge in [-0.15, -0.1) is 0 Å². The average Bonchev–Trinajstić information content (AvgIpc) is 3.60. The second-order valence-electron chi connectivity index (χ2n) is 7.44. The lowest BCUT2D eigenvalue weighted by molar-refractivity contribution is -0.383. The fraction of sp³-hybridized carbons (Fsp3) is 0.381. The third kappa shape index (κ3) is 4.30. The molecule has 1 saturated carbocycles. The third-order valence-electron chi connectivity index (χ3n) is 5.48. The van der Waals surface area contributed by atoms with Crippen molar-refractivity contribution in [1.82, 2.24) is 14.9 Å². The van der Waals surface area contributed by atoms with Crippen molar-refractivity contribution in [2.24, 2.45) is 0 Å². The van der Waals surface area contributed by atoms with Gasteiger partial charge >= 0.3 is 6.41 Å². The van der Waals surface area contributed by atoms with Gasteiger partial charge in [-0.3, -0.25) is 24.7 Å². The van der Waals surface area contributed by atoms with Gasteiger partial charge in [0.1, 0.15) is 23.7 Å². The molecule has 1 amide bonds. The van der Waals surface area contributed by atoms with E-state index in [-0.39, 0.29) is 11.7 Å². The number of nitro groups is 1. The van der Waals surface area contributed by atoms with Crippen LogP contribution in [0.3, 0.4) is 0 Å². The lowest BCUT2D eigenvalue weighted by Gasteiger charge is -2.25. The summed E-state index contributed by atoms with van der Waals surface area (Å²) in [6.07, 6.45) is 8.07. The molecular weight excluding hydrogens is 384 g/mol. The van der Waals surface area contributed by atoms with E-state index in [1.807, 2.05) is 12.5 Å². The molecule has 2 aliphatic rings. The molecule has 30 heavy (non-hydrogen) atoms. The number of aromatic nitrogens is 2. The van der Waals surface area contributed by atoms with E-state index in [0.29, 0.717) is 17.3 Å². The summed E-state index contributed by atoms with van der Waals surface area (Å²) in [6, 6.07) is 6.91. The summed E-state index contributed by atoms with van der Waals surface area (Å²) >= 11 is 0. The molecule has 1 aromatic heterocycles. The Morgan fingerprint density at radius 2 is 2.17 bits per heavy atom. The third-order valence-corrected chi connectivity index (χ3v) is 5.48. The van der Waals surface area contributed by atoms with E-state index in [4.69, 9.17) is 0 Å². The Balaban J connectivity index is 1.58. The highest BCUT2D eigenvalue weighted by atomic mass is 16.6. The monoisotopic (exact) mass is 407 g/mol. The van der Waals surface area contributed by atoms with Gasteiger partial charge in [0.2, 0.25) is 0 Å². The Hall–Kier alpha value is -3.33. The number of rotatable bonds is 8. The fourth-order valence-corrected chi connectivity index (χ4v) is 3.57. The average molecular weight is 407 g/mol. The molecule has 0 bridgehead atoms. The zero-order valence-electron chi connectivity index (χ0n) is 16.7. The number of likely N-dealkylation sites (N-methyl/N-ethyl adjacent to an activating group) is 1. The summed E-state index contributed by atoms with van der Waals surface area (Å²) in [4.78, 5) is 34.6. The van der Waals surface area contributed by atoms with Crippen LogP contribution < -0.4 is 10.2 Å². The number of carbonyl (C=O) groups excluding carboxylic acids is 1. The highest BCUT2D eigenvalue weighted by molar-refractivity contribution is 5.78. The molecule has 1 fully saturated rings. The summed E-state index contributed by atoms with van der Waals surface area (Å²) in [6.45, 7) is 4.92. The summed E-state index contributed by atoms with van der Waals surface area (Å²) in [5.41, 5.74) is 2.31. The van der Waals surface area contributed by atoms with Crippen LogP contribution in [0.15, 0.2) is 36.7 Å². The van der Waals surface area contributed by atoms with Crippen molar-refractivity contribution >= 4 is 35.0 Å². The molecule has 2 heterocycles. The minimum Gasteiger partial charge on any atom is -0.334 e. The van der Waals surface area contributed by atoms with Crippen LogP contribution in [-0.2, 0) is 4.79 Å². The molecule has 1 aliphatic carbocycles. The van der Waals surface area contributed by atoms with E-state index >= 15 is 0 Å². The van der Waals surface area contributed by atoms with Gasteiger partial charge in [0.05, 0.1) is 4.92 Å². The molecule has 4 rings (SSSR count). The Morgan fingerprint density at radius 3 is 2.80 bits per heavy atom. The number of benzene rings is 1. The minimum absolute atomic E-state index is 0.0208. The second-order valence-corrected chi connectivity index (χ2v) is 7.44. The largest absolute Gasteiger partial charge is 0.334 e. The number of hydrogen-bond acceptors (Lipinski definition) is 7. The first-order chi connectivity index (χ1) is 14.6. The van der Waals surface area contributed by atoms with Gasteiger partial charge in [0.25, 0.3) is 5.69 Å². The highest BCUT2D eigenvalue weighted by Crippen LogP contribution is 2.34. The molecule has 1 aromatic carbocycles. The van der Waals surface area contributed by atoms with Gasteiger partial charge in [0, 0.05) is 31.3 Å². The maximum atomic E-state index is 11.7. The molecular formula is C21H23N6O3. The van der Waals surface area contributed by atoms with Crippen LogP contribution in [0.25, 0.3) is 5.57 Å². The summed E-state index contributed by atoms with van der Waals surface area (Å²) in [5, 5.41) is 14.7. The number of anilines is 3. The predicted molar refractivity (Wildman–Crippen MR) is 114 cm³/mol. The first-order valence-electron chi connectivity index (χ1n) is 10.1. The van der Waals surface area contributed by atoms with Gasteiger partial charge in [0.15, 0.2) is 0 Å². The maximum Gasteiger partial charge on any atom is 0.318 e. The zero-order chi connectivity index (χ0) is 21.1. The predicted octanol–water partition coefficient (Wildman–Crippen LogP) is 3.27. The van der Waals surface area contributed by atoms with Crippen molar-refractivity contribution in [3.8, 4) is 0 Å². The molecule has 2 aromatic rings. The van der Waals surface area contributed by atoms with Crippen molar-refractivity contribution in [2.75, 3.05) is 29.9 Å². The van der Waals surface area contributed by atoms with Crippen LogP contribution in [0.1, 0.15) is 31.7 Å². The lowest BCUT2D eigenvalue weighted by atomic mass is 9.98. The number of nitrogens with one attached hydrogen (secondary N) is 1. The summed E-state index contributed by atoms with van der Waals surface area (Å²) < 4.78 is 0. The SMILES string of the molecule is CCN1CC=C(c2ccc(Nc3cc(N([C]=O)C4CC4)ncn3)c([N+](=O)[O-])c2)CC1. The van der Waals surface area contributed by atoms with Gasteiger partial charge in [-0.05, 0) is 43.0 Å². The van der Waals surface area contributed by atoms with Crippen LogP contribution in [0.5, 0.6) is 0 Å². The first-order valence-corrected chi connectivity index (χ1v) is 10.1. The number of amides is 1. The van der Waals surface area contributed by atoms with Crippen molar-refractivity contribution in [3.05, 3.63) is 52.3 Å². The molecule has 9 nitrogen and oxygen atoms in total. The molecule has 1 radical (unpaired) electrons. The molecule has 9 heteroatoms. The Kier molecular flexibility index (Phi) is 5.71. The molecule has 1 N–H and O–H groups in total. The second kappa shape index (κ2) is 8.58. The molecule has 0 saturated heterocycles. The van der Waals surface area contributed by atoms with Crippen LogP contribution in [-0.4, -0.2) is 51.9 Å². The topological polar surface area (TPSA) is 104 Å². The molecule has 0 spiro atoms. The zero-order valence-corrected chi connectivity index (χ0v) is 16.7. The normalized spacial score (nSPS) is 16.6. The van der Waals surface area contributed by atoms with Crippen molar-refractivity contribution in [2.45, 2.75) is 32.2 Å². The Labute approximate surface area is 174 Å². The standard InChI is InChI=1S/C21H23N6O3/c1-2-25-9-7-15(8-10-25)16-3-6-18(19(11-16)27(29)30)24-20-12-21(23-13-22-20)26(14-28)17-4-5-17/h3,6-7,11-13,17H,2,4-5,8-10H2,1H3,(H,22,23,24). The number of nitro benzene ring substituents is 1. The highest BCUT2D eigenvalue weighted by Gasteiger charge is 2.31. The van der Waals surface area contributed by atoms with Crippen molar-refractivity contribution in [3.63, 3.8) is 0 Å². The van der Waals surface area contributed by atoms with E-state index < -0.39 is 4.92 Å². The number of hydrogen-bond donors (Lipinski definition) is 1. The molecule has 1 aliphatic heterocycles. The van der Waals surface area contributed by atoms with E-state index in [1.54, 1.807) is 18.2 Å². The maximum absolute atomic E-state index is 11.7. The molecule has 0 unspecified atom stereocenters. The van der Waals surface area contributed by atoms with Crippen LogP contribution in [0.2, 0.25) is 0 Å². The van der Waals surface area contributed by atoms with Gasteiger partial charge in [-0.2, -0.15) is 0 Å². The van der Waals surface area contributed by atoms with Crippen LogP contribution in [0, 0.1) is 10.1 Å². The van der Waals surface area contributed by atoms with E-state index in [0.717, 1.165) is 50.0 Å². The van der Waals surface area contributed by atoms with Crippen molar-refractivity contribution < 1.29 is 9.72 Å². The number of nitrogens with zero attached hydrogens (tertiary/aromatic N) is 5.